The van der Waals surface area contributed by atoms with Crippen molar-refractivity contribution in [1.82, 2.24) is 14.6 Å². The van der Waals surface area contributed by atoms with E-state index in [1.54, 1.807) is 30.5 Å². The van der Waals surface area contributed by atoms with Crippen molar-refractivity contribution in [3.05, 3.63) is 48.2 Å². The maximum Gasteiger partial charge on any atom is 0.393 e. The highest BCUT2D eigenvalue weighted by Crippen LogP contribution is 2.25. The van der Waals surface area contributed by atoms with E-state index in [2.05, 4.69) is 10.1 Å². The molecule has 4 nitrogen and oxygen atoms in total. The minimum atomic E-state index is -4.22. The summed E-state index contributed by atoms with van der Waals surface area (Å²) in [7, 11) is 0. The van der Waals surface area contributed by atoms with Crippen molar-refractivity contribution in [3.63, 3.8) is 0 Å². The highest BCUT2D eigenvalue weighted by atomic mass is 19.4. The molecule has 0 atom stereocenters. The van der Waals surface area contributed by atoms with E-state index in [0.29, 0.717) is 11.2 Å². The smallest absolute Gasteiger partial charge is 0.366 e. The van der Waals surface area contributed by atoms with Gasteiger partial charge in [-0.1, -0.05) is 24.3 Å². The van der Waals surface area contributed by atoms with Gasteiger partial charge in [-0.15, -0.1) is 5.10 Å². The molecule has 3 rings (SSSR count). The van der Waals surface area contributed by atoms with Crippen LogP contribution in [0.1, 0.15) is 5.56 Å². The summed E-state index contributed by atoms with van der Waals surface area (Å²) < 4.78 is 38.9. The van der Waals surface area contributed by atoms with Crippen LogP contribution in [0.15, 0.2) is 42.6 Å². The van der Waals surface area contributed by atoms with Crippen LogP contribution in [0, 0.1) is 0 Å². The largest absolute Gasteiger partial charge is 0.393 e. The van der Waals surface area contributed by atoms with Crippen LogP contribution in [0.2, 0.25) is 0 Å². The molecular weight excluding hydrogens is 281 g/mol. The normalized spacial score (nSPS) is 12.0. The summed E-state index contributed by atoms with van der Waals surface area (Å²) in [6, 6.07) is 9.83. The molecule has 3 aromatic rings. The number of rotatable bonds is 2. The summed E-state index contributed by atoms with van der Waals surface area (Å²) >= 11 is 0. The molecule has 0 spiro atoms. The van der Waals surface area contributed by atoms with Crippen molar-refractivity contribution in [2.75, 3.05) is 5.73 Å². The van der Waals surface area contributed by atoms with Crippen LogP contribution in [0.25, 0.3) is 16.8 Å². The second-order valence-corrected chi connectivity index (χ2v) is 4.68. The Hall–Kier alpha value is -2.57. The maximum atomic E-state index is 12.5. The van der Waals surface area contributed by atoms with Gasteiger partial charge in [0.2, 0.25) is 5.95 Å². The first-order chi connectivity index (χ1) is 9.90. The van der Waals surface area contributed by atoms with Crippen LogP contribution in [0.3, 0.4) is 0 Å². The molecule has 0 fully saturated rings. The predicted octanol–water partition coefficient (Wildman–Crippen LogP) is 3.08. The second kappa shape index (κ2) is 4.76. The summed E-state index contributed by atoms with van der Waals surface area (Å²) in [5.74, 6) is 0.151. The van der Waals surface area contributed by atoms with E-state index in [1.165, 1.54) is 16.6 Å². The molecule has 2 heterocycles. The van der Waals surface area contributed by atoms with Crippen molar-refractivity contribution in [2.45, 2.75) is 12.6 Å². The third-order valence-corrected chi connectivity index (χ3v) is 3.01. The average molecular weight is 292 g/mol. The molecule has 108 valence electrons. The molecule has 0 amide bonds. The number of halogens is 3. The quantitative estimate of drug-likeness (QED) is 0.789. The number of hydrogen-bond acceptors (Lipinski definition) is 3. The minimum absolute atomic E-state index is 0.151. The first kappa shape index (κ1) is 13.4. The summed E-state index contributed by atoms with van der Waals surface area (Å²) in [6.45, 7) is 0. The molecule has 0 bridgehead atoms. The van der Waals surface area contributed by atoms with Crippen molar-refractivity contribution >= 4 is 11.6 Å². The standard InChI is InChI=1S/C14H11F3N4/c15-14(16,17)7-9-2-1-3-10(6-9)11-4-5-12-19-13(18)20-21(12)8-11/h1-6,8H,7H2,(H2,18,20). The van der Waals surface area contributed by atoms with Gasteiger partial charge in [-0.2, -0.15) is 18.2 Å². The Labute approximate surface area is 118 Å². The van der Waals surface area contributed by atoms with E-state index in [-0.39, 0.29) is 11.5 Å². The fourth-order valence-corrected chi connectivity index (χ4v) is 2.16. The van der Waals surface area contributed by atoms with Gasteiger partial charge in [0.05, 0.1) is 6.42 Å². The van der Waals surface area contributed by atoms with E-state index in [0.717, 1.165) is 5.56 Å². The summed E-state index contributed by atoms with van der Waals surface area (Å²) in [4.78, 5) is 3.99. The van der Waals surface area contributed by atoms with E-state index >= 15 is 0 Å². The van der Waals surface area contributed by atoms with Gasteiger partial charge in [-0.3, -0.25) is 0 Å². The van der Waals surface area contributed by atoms with E-state index in [1.807, 2.05) is 0 Å². The Morgan fingerprint density at radius 3 is 2.67 bits per heavy atom. The zero-order valence-corrected chi connectivity index (χ0v) is 10.8. The number of fused-ring (bicyclic) bond motifs is 1. The monoisotopic (exact) mass is 292 g/mol. The lowest BCUT2D eigenvalue weighted by Gasteiger charge is -2.08. The molecule has 0 saturated heterocycles. The van der Waals surface area contributed by atoms with Gasteiger partial charge in [0.25, 0.3) is 0 Å². The highest BCUT2D eigenvalue weighted by Gasteiger charge is 2.27. The number of anilines is 1. The zero-order chi connectivity index (χ0) is 15.0. The van der Waals surface area contributed by atoms with Crippen LogP contribution < -0.4 is 5.73 Å². The van der Waals surface area contributed by atoms with Crippen LogP contribution in [-0.2, 0) is 6.42 Å². The van der Waals surface area contributed by atoms with Gasteiger partial charge in [-0.25, -0.2) is 4.52 Å². The predicted molar refractivity (Wildman–Crippen MR) is 72.6 cm³/mol. The topological polar surface area (TPSA) is 56.2 Å². The first-order valence-electron chi connectivity index (χ1n) is 6.19. The van der Waals surface area contributed by atoms with Gasteiger partial charge in [-0.05, 0) is 23.3 Å². The molecule has 2 aromatic heterocycles. The summed E-state index contributed by atoms with van der Waals surface area (Å²) in [5.41, 5.74) is 7.75. The number of nitrogen functional groups attached to an aromatic ring is 1. The van der Waals surface area contributed by atoms with E-state index in [4.69, 9.17) is 5.73 Å². The number of aromatic nitrogens is 3. The molecule has 21 heavy (non-hydrogen) atoms. The molecule has 0 unspecified atom stereocenters. The molecule has 7 heteroatoms. The van der Waals surface area contributed by atoms with Gasteiger partial charge in [0.15, 0.2) is 5.65 Å². The van der Waals surface area contributed by atoms with Crippen molar-refractivity contribution < 1.29 is 13.2 Å². The van der Waals surface area contributed by atoms with Crippen molar-refractivity contribution in [3.8, 4) is 11.1 Å². The summed E-state index contributed by atoms with van der Waals surface area (Å²) in [6.07, 6.45) is -3.48. The van der Waals surface area contributed by atoms with Crippen LogP contribution >= 0.6 is 0 Å². The minimum Gasteiger partial charge on any atom is -0.366 e. The van der Waals surface area contributed by atoms with Crippen LogP contribution in [0.5, 0.6) is 0 Å². The third kappa shape index (κ3) is 2.96. The third-order valence-electron chi connectivity index (χ3n) is 3.01. The van der Waals surface area contributed by atoms with E-state index < -0.39 is 12.6 Å². The lowest BCUT2D eigenvalue weighted by molar-refractivity contribution is -0.127. The second-order valence-electron chi connectivity index (χ2n) is 4.68. The van der Waals surface area contributed by atoms with Gasteiger partial charge >= 0.3 is 6.18 Å². The molecule has 0 saturated carbocycles. The molecule has 1 aromatic carbocycles. The zero-order valence-electron chi connectivity index (χ0n) is 10.8. The Morgan fingerprint density at radius 2 is 1.90 bits per heavy atom. The number of pyridine rings is 1. The number of hydrogen-bond donors (Lipinski definition) is 1. The molecular formula is C14H11F3N4. The fraction of sp³-hybridized carbons (Fsp3) is 0.143. The van der Waals surface area contributed by atoms with E-state index in [9.17, 15) is 13.2 Å². The van der Waals surface area contributed by atoms with Gasteiger partial charge in [0, 0.05) is 11.8 Å². The van der Waals surface area contributed by atoms with Crippen LogP contribution in [-0.4, -0.2) is 20.8 Å². The molecule has 0 aliphatic rings. The number of nitrogens with zero attached hydrogens (tertiary/aromatic N) is 3. The summed E-state index contributed by atoms with van der Waals surface area (Å²) in [5, 5.41) is 3.98. The van der Waals surface area contributed by atoms with Crippen molar-refractivity contribution in [1.29, 1.82) is 0 Å². The number of alkyl halides is 3. The molecule has 0 radical (unpaired) electrons. The van der Waals surface area contributed by atoms with Gasteiger partial charge < -0.3 is 5.73 Å². The number of nitrogens with two attached hydrogens (primary N) is 1. The maximum absolute atomic E-state index is 12.5. The Morgan fingerprint density at radius 1 is 1.10 bits per heavy atom. The van der Waals surface area contributed by atoms with Crippen LogP contribution in [0.4, 0.5) is 19.1 Å². The average Bonchev–Trinajstić information content (AvgIpc) is 2.76. The Kier molecular flexibility index (Phi) is 3.04. The SMILES string of the molecule is Nc1nc2ccc(-c3cccc(CC(F)(F)F)c3)cn2n1. The first-order valence-corrected chi connectivity index (χ1v) is 6.19. The number of benzene rings is 1. The highest BCUT2D eigenvalue weighted by molar-refractivity contribution is 5.65. The Balaban J connectivity index is 1.99. The molecule has 0 aliphatic carbocycles. The van der Waals surface area contributed by atoms with Crippen molar-refractivity contribution in [2.24, 2.45) is 0 Å². The molecule has 2 N–H and O–H groups in total. The lowest BCUT2D eigenvalue weighted by Crippen LogP contribution is -2.11. The van der Waals surface area contributed by atoms with Gasteiger partial charge in [0.1, 0.15) is 0 Å². The lowest BCUT2D eigenvalue weighted by atomic mass is 10.0. The molecule has 0 aliphatic heterocycles. The Bertz CT molecular complexity index is 792. The fourth-order valence-electron chi connectivity index (χ4n) is 2.16.